The molecule has 19 heavy (non-hydrogen) atoms. The lowest BCUT2D eigenvalue weighted by molar-refractivity contribution is -0.141. The Morgan fingerprint density at radius 2 is 2.05 bits per heavy atom. The normalized spacial score (nSPS) is 12.3. The summed E-state index contributed by atoms with van der Waals surface area (Å²) in [6.07, 6.45) is 2.18. The smallest absolute Gasteiger partial charge is 0.326 e. The molecule has 0 unspecified atom stereocenters. The van der Waals surface area contributed by atoms with Crippen LogP contribution in [0.25, 0.3) is 10.9 Å². The SMILES string of the molecule is CC(=O)N[C@H](Cc1cn(C)c2ccccc12)C(=O)O. The summed E-state index contributed by atoms with van der Waals surface area (Å²) >= 11 is 0. The quantitative estimate of drug-likeness (QED) is 0.870. The van der Waals surface area contributed by atoms with Gasteiger partial charge in [-0.2, -0.15) is 0 Å². The molecule has 2 rings (SSSR count). The number of aryl methyl sites for hydroxylation is 1. The van der Waals surface area contributed by atoms with Crippen molar-refractivity contribution < 1.29 is 14.7 Å². The summed E-state index contributed by atoms with van der Waals surface area (Å²) in [5, 5.41) is 12.6. The highest BCUT2D eigenvalue weighted by atomic mass is 16.4. The van der Waals surface area contributed by atoms with Gasteiger partial charge >= 0.3 is 5.97 Å². The van der Waals surface area contributed by atoms with Crippen LogP contribution < -0.4 is 5.32 Å². The second kappa shape index (κ2) is 5.14. The van der Waals surface area contributed by atoms with Crippen molar-refractivity contribution in [2.75, 3.05) is 0 Å². The van der Waals surface area contributed by atoms with E-state index < -0.39 is 12.0 Å². The van der Waals surface area contributed by atoms with Crippen LogP contribution in [0.3, 0.4) is 0 Å². The molecular weight excluding hydrogens is 244 g/mol. The Balaban J connectivity index is 2.34. The van der Waals surface area contributed by atoms with Gasteiger partial charge in [0.2, 0.25) is 5.91 Å². The van der Waals surface area contributed by atoms with Crippen LogP contribution >= 0.6 is 0 Å². The van der Waals surface area contributed by atoms with Crippen LogP contribution in [0.4, 0.5) is 0 Å². The van der Waals surface area contributed by atoms with E-state index in [-0.39, 0.29) is 12.3 Å². The average Bonchev–Trinajstić information content (AvgIpc) is 2.66. The molecular formula is C14H16N2O3. The molecule has 0 aliphatic heterocycles. The number of amides is 1. The molecule has 1 heterocycles. The summed E-state index contributed by atoms with van der Waals surface area (Å²) in [4.78, 5) is 22.2. The van der Waals surface area contributed by atoms with E-state index in [1.807, 2.05) is 42.1 Å². The number of hydrogen-bond donors (Lipinski definition) is 2. The number of nitrogens with zero attached hydrogens (tertiary/aromatic N) is 1. The van der Waals surface area contributed by atoms with E-state index in [9.17, 15) is 9.59 Å². The van der Waals surface area contributed by atoms with E-state index in [4.69, 9.17) is 5.11 Å². The van der Waals surface area contributed by atoms with Crippen LogP contribution in [-0.4, -0.2) is 27.6 Å². The Morgan fingerprint density at radius 1 is 1.37 bits per heavy atom. The number of carbonyl (C=O) groups excluding carboxylic acids is 1. The van der Waals surface area contributed by atoms with Crippen LogP contribution in [0, 0.1) is 0 Å². The Bertz CT molecular complexity index is 631. The van der Waals surface area contributed by atoms with E-state index in [0.29, 0.717) is 0 Å². The lowest BCUT2D eigenvalue weighted by Crippen LogP contribution is -2.41. The van der Waals surface area contributed by atoms with Crippen LogP contribution in [0.2, 0.25) is 0 Å². The van der Waals surface area contributed by atoms with E-state index in [1.165, 1.54) is 6.92 Å². The summed E-state index contributed by atoms with van der Waals surface area (Å²) in [5.41, 5.74) is 1.96. The molecule has 100 valence electrons. The number of carbonyl (C=O) groups is 2. The number of hydrogen-bond acceptors (Lipinski definition) is 2. The summed E-state index contributed by atoms with van der Waals surface area (Å²) in [6.45, 7) is 1.32. The first kappa shape index (κ1) is 13.1. The number of fused-ring (bicyclic) bond motifs is 1. The first-order valence-corrected chi connectivity index (χ1v) is 6.02. The molecule has 2 aromatic rings. The number of carboxylic acids is 1. The van der Waals surface area contributed by atoms with Gasteiger partial charge in [0.05, 0.1) is 0 Å². The van der Waals surface area contributed by atoms with E-state index in [1.54, 1.807) is 0 Å². The molecule has 0 fully saturated rings. The standard InChI is InChI=1S/C14H16N2O3/c1-9(17)15-12(14(18)19)7-10-8-16(2)13-6-4-3-5-11(10)13/h3-6,8,12H,7H2,1-2H3,(H,15,17)(H,18,19)/t12-/m1/s1. The van der Waals surface area contributed by atoms with Crippen LogP contribution in [0.1, 0.15) is 12.5 Å². The number of nitrogens with one attached hydrogen (secondary N) is 1. The number of carboxylic acid groups (broad SMARTS) is 1. The fourth-order valence-corrected chi connectivity index (χ4v) is 2.25. The highest BCUT2D eigenvalue weighted by Crippen LogP contribution is 2.21. The molecule has 1 aromatic carbocycles. The van der Waals surface area contributed by atoms with Gasteiger partial charge in [0.25, 0.3) is 0 Å². The van der Waals surface area contributed by atoms with Gasteiger partial charge in [-0.25, -0.2) is 4.79 Å². The maximum atomic E-state index is 11.2. The van der Waals surface area contributed by atoms with Crippen molar-refractivity contribution >= 4 is 22.8 Å². The molecule has 1 atom stereocenters. The van der Waals surface area contributed by atoms with E-state index >= 15 is 0 Å². The first-order valence-electron chi connectivity index (χ1n) is 6.02. The first-order chi connectivity index (χ1) is 8.99. The molecule has 5 heteroatoms. The maximum Gasteiger partial charge on any atom is 0.326 e. The van der Waals surface area contributed by atoms with Crippen molar-refractivity contribution in [3.05, 3.63) is 36.0 Å². The number of aromatic nitrogens is 1. The van der Waals surface area contributed by atoms with Gasteiger partial charge < -0.3 is 15.0 Å². The molecule has 0 saturated carbocycles. The van der Waals surface area contributed by atoms with Crippen molar-refractivity contribution in [3.8, 4) is 0 Å². The molecule has 0 aliphatic carbocycles. The van der Waals surface area contributed by atoms with Gasteiger partial charge in [0.15, 0.2) is 0 Å². The average molecular weight is 260 g/mol. The van der Waals surface area contributed by atoms with Gasteiger partial charge in [0.1, 0.15) is 6.04 Å². The lowest BCUT2D eigenvalue weighted by atomic mass is 10.1. The Morgan fingerprint density at radius 3 is 2.68 bits per heavy atom. The summed E-state index contributed by atoms with van der Waals surface area (Å²) in [5.74, 6) is -1.37. The minimum Gasteiger partial charge on any atom is -0.480 e. The number of benzene rings is 1. The zero-order valence-corrected chi connectivity index (χ0v) is 10.9. The summed E-state index contributed by atoms with van der Waals surface area (Å²) < 4.78 is 1.96. The fraction of sp³-hybridized carbons (Fsp3) is 0.286. The molecule has 0 spiro atoms. The minimum absolute atomic E-state index is 0.274. The number of aliphatic carboxylic acids is 1. The molecule has 5 nitrogen and oxygen atoms in total. The predicted molar refractivity (Wildman–Crippen MR) is 71.9 cm³/mol. The van der Waals surface area contributed by atoms with E-state index in [0.717, 1.165) is 16.5 Å². The van der Waals surface area contributed by atoms with Crippen LogP contribution in [0.5, 0.6) is 0 Å². The van der Waals surface area contributed by atoms with Gasteiger partial charge in [-0.15, -0.1) is 0 Å². The van der Waals surface area contributed by atoms with Crippen LogP contribution in [-0.2, 0) is 23.1 Å². The highest BCUT2D eigenvalue weighted by molar-refractivity contribution is 5.86. The Hall–Kier alpha value is -2.30. The number of para-hydroxylation sites is 1. The van der Waals surface area contributed by atoms with Gasteiger partial charge in [-0.3, -0.25) is 4.79 Å². The van der Waals surface area contributed by atoms with Crippen molar-refractivity contribution in [2.45, 2.75) is 19.4 Å². The molecule has 0 bridgehead atoms. The molecule has 0 radical (unpaired) electrons. The van der Waals surface area contributed by atoms with Crippen molar-refractivity contribution in [3.63, 3.8) is 0 Å². The van der Waals surface area contributed by atoms with Crippen molar-refractivity contribution in [1.82, 2.24) is 9.88 Å². The van der Waals surface area contributed by atoms with Crippen LogP contribution in [0.15, 0.2) is 30.5 Å². The molecule has 1 aromatic heterocycles. The second-order valence-electron chi connectivity index (χ2n) is 4.58. The predicted octanol–water partition coefficient (Wildman–Crippen LogP) is 1.31. The molecule has 0 saturated heterocycles. The third-order valence-electron chi connectivity index (χ3n) is 3.08. The molecule has 2 N–H and O–H groups in total. The van der Waals surface area contributed by atoms with E-state index in [2.05, 4.69) is 5.32 Å². The van der Waals surface area contributed by atoms with Gasteiger partial charge in [0, 0.05) is 37.5 Å². The topological polar surface area (TPSA) is 71.3 Å². The minimum atomic E-state index is -1.02. The third kappa shape index (κ3) is 2.76. The zero-order valence-electron chi connectivity index (χ0n) is 10.9. The van der Waals surface area contributed by atoms with Crippen molar-refractivity contribution in [2.24, 2.45) is 7.05 Å². The number of rotatable bonds is 4. The zero-order chi connectivity index (χ0) is 14.0. The molecule has 0 aliphatic rings. The van der Waals surface area contributed by atoms with Gasteiger partial charge in [-0.05, 0) is 11.6 Å². The second-order valence-corrected chi connectivity index (χ2v) is 4.58. The molecule has 1 amide bonds. The summed E-state index contributed by atoms with van der Waals surface area (Å²) in [6, 6.07) is 6.89. The monoisotopic (exact) mass is 260 g/mol. The fourth-order valence-electron chi connectivity index (χ4n) is 2.25. The largest absolute Gasteiger partial charge is 0.480 e. The Labute approximate surface area is 110 Å². The summed E-state index contributed by atoms with van der Waals surface area (Å²) in [7, 11) is 1.92. The lowest BCUT2D eigenvalue weighted by Gasteiger charge is -2.12. The highest BCUT2D eigenvalue weighted by Gasteiger charge is 2.20. The van der Waals surface area contributed by atoms with Crippen molar-refractivity contribution in [1.29, 1.82) is 0 Å². The van der Waals surface area contributed by atoms with Gasteiger partial charge in [-0.1, -0.05) is 18.2 Å². The maximum absolute atomic E-state index is 11.2. The Kier molecular flexibility index (Phi) is 3.55. The third-order valence-corrected chi connectivity index (χ3v) is 3.08.